The normalized spacial score (nSPS) is 10.8. The Hall–Kier alpha value is -4.12. The Morgan fingerprint density at radius 1 is 0.750 bits per heavy atom. The Kier molecular flexibility index (Phi) is 8.35. The van der Waals surface area contributed by atoms with Crippen LogP contribution in [-0.2, 0) is 19.8 Å². The van der Waals surface area contributed by atoms with Crippen LogP contribution < -0.4 is 14.8 Å². The van der Waals surface area contributed by atoms with E-state index < -0.39 is 0 Å². The lowest BCUT2D eigenvalue weighted by Crippen LogP contribution is -2.24. The summed E-state index contributed by atoms with van der Waals surface area (Å²) in [6.07, 6.45) is 0. The maximum absolute atomic E-state index is 13.6. The number of ether oxygens (including phenoxy) is 2. The monoisotopic (exact) mass is 483 g/mol. The second kappa shape index (κ2) is 12.0. The van der Waals surface area contributed by atoms with Crippen LogP contribution in [0.3, 0.4) is 0 Å². The third kappa shape index (κ3) is 6.72. The molecule has 4 rings (SSSR count). The predicted molar refractivity (Wildman–Crippen MR) is 140 cm³/mol. The molecule has 1 amide bonds. The van der Waals surface area contributed by atoms with Gasteiger partial charge in [-0.3, -0.25) is 4.79 Å². The molecule has 0 saturated heterocycles. The van der Waals surface area contributed by atoms with Crippen molar-refractivity contribution in [1.29, 1.82) is 0 Å². The number of halogens is 1. The number of amides is 1. The van der Waals surface area contributed by atoms with Crippen LogP contribution in [0.4, 0.5) is 4.39 Å². The molecule has 0 unspecified atom stereocenters. The molecule has 0 spiro atoms. The fourth-order valence-electron chi connectivity index (χ4n) is 3.85. The molecule has 0 aliphatic carbocycles. The van der Waals surface area contributed by atoms with Gasteiger partial charge in [0.2, 0.25) is 0 Å². The first-order valence-corrected chi connectivity index (χ1v) is 12.0. The van der Waals surface area contributed by atoms with Crippen molar-refractivity contribution >= 4 is 5.91 Å². The second-order valence-electron chi connectivity index (χ2n) is 8.90. The van der Waals surface area contributed by atoms with Crippen molar-refractivity contribution in [3.05, 3.63) is 131 Å². The van der Waals surface area contributed by atoms with Crippen LogP contribution in [0.5, 0.6) is 11.5 Å². The van der Waals surface area contributed by atoms with Crippen molar-refractivity contribution in [1.82, 2.24) is 5.32 Å². The second-order valence-corrected chi connectivity index (χ2v) is 8.90. The number of rotatable bonds is 10. The van der Waals surface area contributed by atoms with E-state index in [4.69, 9.17) is 9.47 Å². The highest BCUT2D eigenvalue weighted by molar-refractivity contribution is 5.97. The Bertz CT molecular complexity index is 1290. The minimum absolute atomic E-state index is 0.119. The number of hydrogen-bond donors (Lipinski definition) is 1. The number of carbonyl (C=O) groups is 1. The summed E-state index contributed by atoms with van der Waals surface area (Å²) in [6.45, 7) is 5.04. The van der Waals surface area contributed by atoms with Gasteiger partial charge < -0.3 is 14.8 Å². The van der Waals surface area contributed by atoms with Crippen molar-refractivity contribution in [3.63, 3.8) is 0 Å². The Balaban J connectivity index is 1.62. The van der Waals surface area contributed by atoms with Crippen molar-refractivity contribution in [2.45, 2.75) is 39.5 Å². The molecule has 0 heterocycles. The van der Waals surface area contributed by atoms with Crippen molar-refractivity contribution in [3.8, 4) is 11.5 Å². The summed E-state index contributed by atoms with van der Waals surface area (Å²) in [4.78, 5) is 13.3. The van der Waals surface area contributed by atoms with E-state index >= 15 is 0 Å². The van der Waals surface area contributed by atoms with Crippen LogP contribution in [0, 0.1) is 5.82 Å². The lowest BCUT2D eigenvalue weighted by Gasteiger charge is -2.19. The summed E-state index contributed by atoms with van der Waals surface area (Å²) < 4.78 is 25.9. The average molecular weight is 484 g/mol. The highest BCUT2D eigenvalue weighted by atomic mass is 19.1. The minimum Gasteiger partial charge on any atom is -0.488 e. The first kappa shape index (κ1) is 25.0. The third-order valence-electron chi connectivity index (χ3n) is 5.80. The number of carbonyl (C=O) groups excluding carboxylic acids is 1. The highest BCUT2D eigenvalue weighted by Gasteiger charge is 2.20. The van der Waals surface area contributed by atoms with Crippen LogP contribution >= 0.6 is 0 Å². The maximum Gasteiger partial charge on any atom is 0.255 e. The van der Waals surface area contributed by atoms with Crippen LogP contribution in [0.25, 0.3) is 0 Å². The van der Waals surface area contributed by atoms with Gasteiger partial charge in [-0.15, -0.1) is 0 Å². The smallest absolute Gasteiger partial charge is 0.255 e. The molecule has 1 N–H and O–H groups in total. The summed E-state index contributed by atoms with van der Waals surface area (Å²) in [6, 6.07) is 29.6. The Labute approximate surface area is 211 Å². The van der Waals surface area contributed by atoms with Gasteiger partial charge in [0.1, 0.15) is 30.5 Å². The molecule has 0 aromatic heterocycles. The SMILES string of the molecule is CC(C)c1cc(C(=O)NCc2cccc(F)c2)c(OCc2ccccc2)cc1OCc1ccccc1. The molecule has 0 aliphatic rings. The molecule has 5 heteroatoms. The molecule has 0 fully saturated rings. The van der Waals surface area contributed by atoms with Gasteiger partial charge in [-0.1, -0.05) is 86.6 Å². The summed E-state index contributed by atoms with van der Waals surface area (Å²) in [7, 11) is 0. The first-order chi connectivity index (χ1) is 17.5. The van der Waals surface area contributed by atoms with Crippen LogP contribution in [0.2, 0.25) is 0 Å². The standard InChI is InChI=1S/C31H30FNO3/c1-22(2)27-17-28(31(34)33-19-25-14-9-15-26(32)16-25)30(36-21-24-12-7-4-8-13-24)18-29(27)35-20-23-10-5-3-6-11-23/h3-18,22H,19-21H2,1-2H3,(H,33,34). The number of benzene rings is 4. The number of hydrogen-bond acceptors (Lipinski definition) is 3. The third-order valence-corrected chi connectivity index (χ3v) is 5.80. The summed E-state index contributed by atoms with van der Waals surface area (Å²) in [5, 5.41) is 2.90. The topological polar surface area (TPSA) is 47.6 Å². The average Bonchev–Trinajstić information content (AvgIpc) is 2.90. The molecular formula is C31H30FNO3. The van der Waals surface area contributed by atoms with E-state index in [9.17, 15) is 9.18 Å². The fraction of sp³-hybridized carbons (Fsp3) is 0.194. The molecule has 0 aliphatic heterocycles. The molecule has 4 aromatic rings. The van der Waals surface area contributed by atoms with Crippen LogP contribution in [0.15, 0.2) is 97.1 Å². The molecule has 0 radical (unpaired) electrons. The largest absolute Gasteiger partial charge is 0.488 e. The summed E-state index contributed by atoms with van der Waals surface area (Å²) in [5.41, 5.74) is 4.05. The van der Waals surface area contributed by atoms with Crippen molar-refractivity contribution < 1.29 is 18.7 Å². The quantitative estimate of drug-likeness (QED) is 0.263. The Morgan fingerprint density at radius 2 is 1.33 bits per heavy atom. The van der Waals surface area contributed by atoms with Gasteiger partial charge in [-0.05, 0) is 46.4 Å². The van der Waals surface area contributed by atoms with Gasteiger partial charge in [0, 0.05) is 12.6 Å². The molecule has 0 atom stereocenters. The molecule has 36 heavy (non-hydrogen) atoms. The predicted octanol–water partition coefficient (Wildman–Crippen LogP) is 7.04. The lowest BCUT2D eigenvalue weighted by atomic mass is 9.98. The minimum atomic E-state index is -0.337. The van der Waals surface area contributed by atoms with E-state index in [1.54, 1.807) is 18.2 Å². The van der Waals surface area contributed by atoms with Crippen LogP contribution in [-0.4, -0.2) is 5.91 Å². The molecule has 0 bridgehead atoms. The van der Waals surface area contributed by atoms with Gasteiger partial charge >= 0.3 is 0 Å². The van der Waals surface area contributed by atoms with E-state index in [1.165, 1.54) is 12.1 Å². The van der Waals surface area contributed by atoms with Crippen molar-refractivity contribution in [2.75, 3.05) is 0 Å². The molecule has 4 nitrogen and oxygen atoms in total. The van der Waals surface area contributed by atoms with Gasteiger partial charge in [0.05, 0.1) is 5.56 Å². The van der Waals surface area contributed by atoms with E-state index in [-0.39, 0.29) is 24.2 Å². The zero-order chi connectivity index (χ0) is 25.3. The summed E-state index contributed by atoms with van der Waals surface area (Å²) in [5.74, 6) is 0.602. The van der Waals surface area contributed by atoms with Gasteiger partial charge in [0.25, 0.3) is 5.91 Å². The fourth-order valence-corrected chi connectivity index (χ4v) is 3.85. The molecule has 4 aromatic carbocycles. The molecular weight excluding hydrogens is 453 g/mol. The molecule has 184 valence electrons. The van der Waals surface area contributed by atoms with Gasteiger partial charge in [0.15, 0.2) is 0 Å². The van der Waals surface area contributed by atoms with Crippen LogP contribution in [0.1, 0.15) is 52.4 Å². The van der Waals surface area contributed by atoms with E-state index in [2.05, 4.69) is 19.2 Å². The maximum atomic E-state index is 13.6. The van der Waals surface area contributed by atoms with Crippen molar-refractivity contribution in [2.24, 2.45) is 0 Å². The zero-order valence-electron chi connectivity index (χ0n) is 20.5. The summed E-state index contributed by atoms with van der Waals surface area (Å²) >= 11 is 0. The first-order valence-electron chi connectivity index (χ1n) is 12.0. The lowest BCUT2D eigenvalue weighted by molar-refractivity contribution is 0.0946. The van der Waals surface area contributed by atoms with Gasteiger partial charge in [-0.2, -0.15) is 0 Å². The Morgan fingerprint density at radius 3 is 1.92 bits per heavy atom. The highest BCUT2D eigenvalue weighted by Crippen LogP contribution is 2.35. The van der Waals surface area contributed by atoms with Gasteiger partial charge in [-0.25, -0.2) is 4.39 Å². The van der Waals surface area contributed by atoms with E-state index in [0.29, 0.717) is 35.8 Å². The molecule has 0 saturated carbocycles. The number of nitrogens with one attached hydrogen (secondary N) is 1. The van der Waals surface area contributed by atoms with E-state index in [1.807, 2.05) is 66.7 Å². The zero-order valence-corrected chi connectivity index (χ0v) is 20.5. The van der Waals surface area contributed by atoms with E-state index in [0.717, 1.165) is 16.7 Å².